The maximum Gasteiger partial charge on any atom is 0.573 e. The van der Waals surface area contributed by atoms with Gasteiger partial charge in [-0.15, -0.1) is 13.2 Å². The van der Waals surface area contributed by atoms with Crippen molar-refractivity contribution in [1.82, 2.24) is 5.32 Å². The second-order valence-corrected chi connectivity index (χ2v) is 8.29. The number of halogens is 3. The highest BCUT2D eigenvalue weighted by atomic mass is 19.4. The normalized spacial score (nSPS) is 11.9. The van der Waals surface area contributed by atoms with Crippen LogP contribution in [0.15, 0.2) is 96.6 Å². The fraction of sp³-hybridized carbons (Fsp3) is 0.138. The maximum atomic E-state index is 12.4. The Morgan fingerprint density at radius 3 is 2.30 bits per heavy atom. The molecule has 0 heterocycles. The van der Waals surface area contributed by atoms with E-state index in [2.05, 4.69) is 10.1 Å². The van der Waals surface area contributed by atoms with E-state index in [1.807, 2.05) is 48.5 Å². The van der Waals surface area contributed by atoms with Crippen molar-refractivity contribution in [3.8, 4) is 11.5 Å². The monoisotopic (exact) mass is 507 g/mol. The molecule has 190 valence electrons. The number of fused-ring (bicyclic) bond motifs is 1. The molecule has 0 aliphatic carbocycles. The summed E-state index contributed by atoms with van der Waals surface area (Å²) in [5.41, 5.74) is 2.70. The molecule has 2 N–H and O–H groups in total. The molecule has 0 aliphatic heterocycles. The van der Waals surface area contributed by atoms with Crippen molar-refractivity contribution in [3.05, 3.63) is 113 Å². The molecule has 4 rings (SSSR count). The smallest absolute Gasteiger partial charge is 0.489 e. The fourth-order valence-corrected chi connectivity index (χ4v) is 3.77. The van der Waals surface area contributed by atoms with E-state index in [1.54, 1.807) is 24.3 Å². The van der Waals surface area contributed by atoms with Gasteiger partial charge in [-0.05, 0) is 52.4 Å². The molecule has 5 nitrogen and oxygen atoms in total. The molecule has 0 bridgehead atoms. The average molecular weight is 508 g/mol. The second kappa shape index (κ2) is 11.6. The number of nitrogens with one attached hydrogen (secondary N) is 1. The van der Waals surface area contributed by atoms with Crippen LogP contribution in [0.3, 0.4) is 0 Å². The summed E-state index contributed by atoms with van der Waals surface area (Å²) < 4.78 is 47.2. The van der Waals surface area contributed by atoms with Gasteiger partial charge in [-0.1, -0.05) is 66.7 Å². The maximum absolute atomic E-state index is 12.4. The molecule has 0 atom stereocenters. The van der Waals surface area contributed by atoms with E-state index in [9.17, 15) is 18.0 Å². The first kappa shape index (κ1) is 25.8. The third-order valence-corrected chi connectivity index (χ3v) is 5.53. The summed E-state index contributed by atoms with van der Waals surface area (Å²) in [7, 11) is 0. The highest BCUT2D eigenvalue weighted by molar-refractivity contribution is 5.88. The zero-order chi connectivity index (χ0) is 26.3. The third-order valence-electron chi connectivity index (χ3n) is 5.53. The number of carbonyl (C=O) groups is 1. The molecular formula is C29H24F3NO4. The number of carboxylic acids is 1. The molecule has 0 fully saturated rings. The summed E-state index contributed by atoms with van der Waals surface area (Å²) >= 11 is 0. The van der Waals surface area contributed by atoms with Crippen LogP contribution in [-0.2, 0) is 6.54 Å². The van der Waals surface area contributed by atoms with Crippen molar-refractivity contribution in [3.63, 3.8) is 0 Å². The summed E-state index contributed by atoms with van der Waals surface area (Å²) in [6.07, 6.45) is -2.81. The number of benzene rings is 4. The Morgan fingerprint density at radius 1 is 0.892 bits per heavy atom. The van der Waals surface area contributed by atoms with Crippen LogP contribution in [0.1, 0.15) is 21.5 Å². The molecular weight excluding hydrogens is 483 g/mol. The van der Waals surface area contributed by atoms with Crippen molar-refractivity contribution in [2.45, 2.75) is 12.9 Å². The molecule has 4 aromatic carbocycles. The summed E-state index contributed by atoms with van der Waals surface area (Å²) in [4.78, 5) is 11.2. The van der Waals surface area contributed by atoms with Crippen molar-refractivity contribution >= 4 is 22.8 Å². The predicted octanol–water partition coefficient (Wildman–Crippen LogP) is 6.69. The van der Waals surface area contributed by atoms with E-state index in [4.69, 9.17) is 9.84 Å². The van der Waals surface area contributed by atoms with Crippen LogP contribution < -0.4 is 14.8 Å². The standard InChI is InChI=1S/C29H24F3NO4/c30-29(31,32)37-25-14-10-21(11-15-25)17-33-18-22(16-20-8-12-24(13-9-20)28(34)35)19-36-27-7-3-5-23-4-1-2-6-26(23)27/h1-16,33H,17-19H2,(H,34,35). The number of carboxylic acid groups (broad SMARTS) is 1. The fourth-order valence-electron chi connectivity index (χ4n) is 3.77. The van der Waals surface area contributed by atoms with E-state index in [1.165, 1.54) is 24.3 Å². The molecule has 0 aromatic heterocycles. The van der Waals surface area contributed by atoms with Crippen molar-refractivity contribution < 1.29 is 32.5 Å². The minimum absolute atomic E-state index is 0.196. The lowest BCUT2D eigenvalue weighted by atomic mass is 10.1. The lowest BCUT2D eigenvalue weighted by Crippen LogP contribution is -2.20. The molecule has 0 unspecified atom stereocenters. The zero-order valence-electron chi connectivity index (χ0n) is 19.7. The third kappa shape index (κ3) is 7.59. The van der Waals surface area contributed by atoms with Crippen LogP contribution >= 0.6 is 0 Å². The van der Waals surface area contributed by atoms with E-state index in [0.29, 0.717) is 13.1 Å². The first-order valence-electron chi connectivity index (χ1n) is 11.5. The van der Waals surface area contributed by atoms with Gasteiger partial charge in [-0.2, -0.15) is 0 Å². The lowest BCUT2D eigenvalue weighted by molar-refractivity contribution is -0.274. The van der Waals surface area contributed by atoms with Gasteiger partial charge in [-0.3, -0.25) is 0 Å². The Kier molecular flexibility index (Phi) is 8.10. The number of alkyl halides is 3. The van der Waals surface area contributed by atoms with Crippen molar-refractivity contribution in [2.75, 3.05) is 13.2 Å². The second-order valence-electron chi connectivity index (χ2n) is 8.29. The van der Waals surface area contributed by atoms with Gasteiger partial charge in [-0.25, -0.2) is 4.79 Å². The highest BCUT2D eigenvalue weighted by Gasteiger charge is 2.30. The Bertz CT molecular complexity index is 1380. The largest absolute Gasteiger partial charge is 0.573 e. The first-order valence-corrected chi connectivity index (χ1v) is 11.5. The Balaban J connectivity index is 1.46. The molecule has 0 saturated heterocycles. The summed E-state index contributed by atoms with van der Waals surface area (Å²) in [5.74, 6) is -0.529. The molecule has 37 heavy (non-hydrogen) atoms. The molecule has 0 aliphatic rings. The summed E-state index contributed by atoms with van der Waals surface area (Å²) in [6.45, 7) is 1.13. The van der Waals surface area contributed by atoms with Crippen LogP contribution in [0.2, 0.25) is 0 Å². The molecule has 8 heteroatoms. The Hall–Kier alpha value is -4.30. The van der Waals surface area contributed by atoms with Gasteiger partial charge in [0.2, 0.25) is 0 Å². The van der Waals surface area contributed by atoms with E-state index >= 15 is 0 Å². The van der Waals surface area contributed by atoms with Gasteiger partial charge >= 0.3 is 12.3 Å². The van der Waals surface area contributed by atoms with E-state index in [-0.39, 0.29) is 17.9 Å². The number of ether oxygens (including phenoxy) is 2. The molecule has 0 saturated carbocycles. The quantitative estimate of drug-likeness (QED) is 0.250. The van der Waals surface area contributed by atoms with Gasteiger partial charge in [0.05, 0.1) is 5.56 Å². The van der Waals surface area contributed by atoms with Crippen LogP contribution in [0.5, 0.6) is 11.5 Å². The number of hydrogen-bond acceptors (Lipinski definition) is 4. The van der Waals surface area contributed by atoms with E-state index < -0.39 is 12.3 Å². The van der Waals surface area contributed by atoms with Crippen LogP contribution in [0, 0.1) is 0 Å². The molecule has 0 spiro atoms. The Morgan fingerprint density at radius 2 is 1.59 bits per heavy atom. The Labute approximate surface area is 211 Å². The first-order chi connectivity index (χ1) is 17.8. The van der Waals surface area contributed by atoms with Gasteiger partial charge < -0.3 is 19.9 Å². The zero-order valence-corrected chi connectivity index (χ0v) is 19.7. The van der Waals surface area contributed by atoms with Crippen LogP contribution in [0.25, 0.3) is 16.8 Å². The number of hydrogen-bond donors (Lipinski definition) is 2. The highest BCUT2D eigenvalue weighted by Crippen LogP contribution is 2.26. The molecule has 0 radical (unpaired) electrons. The minimum atomic E-state index is -4.73. The van der Waals surface area contributed by atoms with Gasteiger partial charge in [0.1, 0.15) is 18.1 Å². The van der Waals surface area contributed by atoms with Crippen molar-refractivity contribution in [2.24, 2.45) is 0 Å². The lowest BCUT2D eigenvalue weighted by Gasteiger charge is -2.14. The number of aromatic carboxylic acids is 1. The average Bonchev–Trinajstić information content (AvgIpc) is 2.87. The van der Waals surface area contributed by atoms with Crippen LogP contribution in [0.4, 0.5) is 13.2 Å². The van der Waals surface area contributed by atoms with Gasteiger partial charge in [0.15, 0.2) is 0 Å². The van der Waals surface area contributed by atoms with Crippen molar-refractivity contribution in [1.29, 1.82) is 0 Å². The van der Waals surface area contributed by atoms with Crippen LogP contribution in [-0.4, -0.2) is 30.6 Å². The molecule has 0 amide bonds. The number of rotatable bonds is 10. The van der Waals surface area contributed by atoms with Gasteiger partial charge in [0.25, 0.3) is 0 Å². The summed E-state index contributed by atoms with van der Waals surface area (Å²) in [6, 6.07) is 25.9. The molecule has 4 aromatic rings. The van der Waals surface area contributed by atoms with Gasteiger partial charge in [0, 0.05) is 18.5 Å². The summed E-state index contributed by atoms with van der Waals surface area (Å²) in [5, 5.41) is 14.5. The minimum Gasteiger partial charge on any atom is -0.489 e. The van der Waals surface area contributed by atoms with E-state index in [0.717, 1.165) is 33.2 Å². The predicted molar refractivity (Wildman–Crippen MR) is 136 cm³/mol. The SMILES string of the molecule is O=C(O)c1ccc(C=C(CNCc2ccc(OC(F)(F)F)cc2)COc2cccc3ccccc23)cc1. The topological polar surface area (TPSA) is 67.8 Å².